The second-order valence-corrected chi connectivity index (χ2v) is 10.3. The van der Waals surface area contributed by atoms with Gasteiger partial charge in [0.05, 0.1) is 11.9 Å². The van der Waals surface area contributed by atoms with Gasteiger partial charge >= 0.3 is 12.1 Å². The van der Waals surface area contributed by atoms with Crippen LogP contribution in [0.3, 0.4) is 0 Å². The number of amides is 3. The Hall–Kier alpha value is -4.68. The van der Waals surface area contributed by atoms with Crippen molar-refractivity contribution in [2.75, 3.05) is 13.1 Å². The number of para-hydroxylation sites is 1. The number of benzene rings is 2. The number of ether oxygens (including phenoxy) is 1. The quantitative estimate of drug-likeness (QED) is 0.374. The number of hydrogen-bond donors (Lipinski definition) is 2. The summed E-state index contributed by atoms with van der Waals surface area (Å²) in [5.41, 5.74) is 4.46. The Balaban J connectivity index is 1.40. The molecule has 1 unspecified atom stereocenters. The van der Waals surface area contributed by atoms with Gasteiger partial charge in [-0.2, -0.15) is 18.7 Å². The molecule has 1 aromatic heterocycles. The zero-order valence-electron chi connectivity index (χ0n) is 23.6. The Kier molecular flexibility index (Phi) is 9.84. The van der Waals surface area contributed by atoms with Crippen molar-refractivity contribution in [1.29, 1.82) is 0 Å². The molecule has 0 radical (unpaired) electrons. The number of rotatable bonds is 8. The number of alkyl halides is 3. The molecule has 13 heteroatoms. The number of fused-ring (bicyclic) bond motifs is 1. The van der Waals surface area contributed by atoms with E-state index in [0.29, 0.717) is 31.7 Å². The van der Waals surface area contributed by atoms with Gasteiger partial charge in [0.25, 0.3) is 11.8 Å². The highest BCUT2D eigenvalue weighted by molar-refractivity contribution is 5.95. The maximum atomic E-state index is 13.1. The summed E-state index contributed by atoms with van der Waals surface area (Å²) in [7, 11) is 0. The summed E-state index contributed by atoms with van der Waals surface area (Å²) in [4.78, 5) is 58.2. The van der Waals surface area contributed by atoms with Crippen molar-refractivity contribution in [3.8, 4) is 5.75 Å². The van der Waals surface area contributed by atoms with Crippen molar-refractivity contribution in [1.82, 2.24) is 20.7 Å². The molecule has 43 heavy (non-hydrogen) atoms. The first-order valence-corrected chi connectivity index (χ1v) is 13.6. The Morgan fingerprint density at radius 3 is 2.37 bits per heavy atom. The van der Waals surface area contributed by atoms with Crippen LogP contribution in [0.15, 0.2) is 54.6 Å². The first-order chi connectivity index (χ1) is 20.4. The van der Waals surface area contributed by atoms with Crippen LogP contribution in [-0.2, 0) is 25.8 Å². The lowest BCUT2D eigenvalue weighted by Crippen LogP contribution is -2.48. The number of pyridine rings is 1. The third-order valence-corrected chi connectivity index (χ3v) is 7.21. The lowest BCUT2D eigenvalue weighted by Gasteiger charge is -2.35. The van der Waals surface area contributed by atoms with Crippen LogP contribution in [0.1, 0.15) is 47.8 Å². The van der Waals surface area contributed by atoms with Crippen molar-refractivity contribution >= 4 is 34.6 Å². The molecule has 0 aliphatic carbocycles. The smallest absolute Gasteiger partial charge is 0.489 e. The number of carbonyl (C=O) groups excluding carboxylic acids is 4. The summed E-state index contributed by atoms with van der Waals surface area (Å²) in [5, 5.41) is 3.76. The van der Waals surface area contributed by atoms with Crippen LogP contribution in [0, 0.1) is 12.8 Å². The van der Waals surface area contributed by atoms with Gasteiger partial charge in [0.15, 0.2) is 0 Å². The van der Waals surface area contributed by atoms with E-state index in [1.54, 1.807) is 29.2 Å². The van der Waals surface area contributed by atoms with Crippen LogP contribution >= 0.6 is 0 Å². The number of likely N-dealkylation sites (tertiary alicyclic amines) is 1. The first-order valence-electron chi connectivity index (χ1n) is 13.6. The fourth-order valence-corrected chi connectivity index (χ4v) is 4.98. The van der Waals surface area contributed by atoms with Gasteiger partial charge in [-0.05, 0) is 62.1 Å². The molecule has 3 aromatic rings. The Morgan fingerprint density at radius 1 is 1.05 bits per heavy atom. The molecule has 228 valence electrons. The fourth-order valence-electron chi connectivity index (χ4n) is 4.98. The zero-order chi connectivity index (χ0) is 31.1. The second-order valence-electron chi connectivity index (χ2n) is 10.3. The highest BCUT2D eigenvalue weighted by Crippen LogP contribution is 2.25. The number of piperidine rings is 1. The standard InChI is InChI=1S/C30H31F3N4O6/c1-18-15-22(24-5-3-4-6-25(24)34-18)17-42-23-9-7-21(8-10-23)28(40)35-26(20-11-13-37(14-12-20)19(2)38)16-27(39)36-43-29(41)30(31,32)33/h3-10,15,20,26H,11-14,16-17H2,1-2H3,(H,35,40)(H,36,39). The third kappa shape index (κ3) is 8.43. The first kappa shape index (κ1) is 31.3. The van der Waals surface area contributed by atoms with Crippen molar-refractivity contribution in [2.45, 2.75) is 51.9 Å². The SMILES string of the molecule is CC(=O)N1CCC(C(CC(=O)NOC(=O)C(F)(F)F)NC(=O)c2ccc(OCc3cc(C)nc4ccccc34)cc2)CC1. The van der Waals surface area contributed by atoms with Crippen molar-refractivity contribution in [2.24, 2.45) is 5.92 Å². The Labute approximate surface area is 245 Å². The molecule has 2 aromatic carbocycles. The average Bonchev–Trinajstić information content (AvgIpc) is 2.98. The van der Waals surface area contributed by atoms with Crippen molar-refractivity contribution < 1.29 is 41.9 Å². The number of halogens is 3. The Bertz CT molecular complexity index is 1490. The van der Waals surface area contributed by atoms with Crippen LogP contribution in [0.5, 0.6) is 5.75 Å². The van der Waals surface area contributed by atoms with Gasteiger partial charge in [0, 0.05) is 48.3 Å². The van der Waals surface area contributed by atoms with E-state index in [-0.39, 0.29) is 24.0 Å². The molecule has 1 fully saturated rings. The fraction of sp³-hybridized carbons (Fsp3) is 0.367. The van der Waals surface area contributed by atoms with Crippen molar-refractivity contribution in [3.05, 3.63) is 71.4 Å². The molecule has 4 rings (SSSR count). The van der Waals surface area contributed by atoms with Gasteiger partial charge in [-0.15, -0.1) is 0 Å². The normalized spacial score (nSPS) is 14.6. The van der Waals surface area contributed by atoms with Crippen LogP contribution in [0.2, 0.25) is 0 Å². The largest absolute Gasteiger partial charge is 0.493 e. The summed E-state index contributed by atoms with van der Waals surface area (Å²) in [6.45, 7) is 4.42. The number of carbonyl (C=O) groups is 4. The summed E-state index contributed by atoms with van der Waals surface area (Å²) < 4.78 is 43.2. The molecular weight excluding hydrogens is 569 g/mol. The van der Waals surface area contributed by atoms with E-state index in [4.69, 9.17) is 4.74 Å². The minimum Gasteiger partial charge on any atom is -0.489 e. The minimum absolute atomic E-state index is 0.106. The summed E-state index contributed by atoms with van der Waals surface area (Å²) in [5.74, 6) is -3.93. The molecule has 0 saturated carbocycles. The van der Waals surface area contributed by atoms with Crippen molar-refractivity contribution in [3.63, 3.8) is 0 Å². The minimum atomic E-state index is -5.28. The predicted molar refractivity (Wildman–Crippen MR) is 148 cm³/mol. The van der Waals surface area contributed by atoms with Gasteiger partial charge in [-0.1, -0.05) is 18.2 Å². The average molecular weight is 601 g/mol. The highest BCUT2D eigenvalue weighted by atomic mass is 19.4. The number of nitrogens with one attached hydrogen (secondary N) is 2. The lowest BCUT2D eigenvalue weighted by molar-refractivity contribution is -0.207. The topological polar surface area (TPSA) is 127 Å². The maximum absolute atomic E-state index is 13.1. The van der Waals surface area contributed by atoms with Gasteiger partial charge in [-0.3, -0.25) is 19.4 Å². The van der Waals surface area contributed by atoms with Gasteiger partial charge < -0.3 is 19.8 Å². The summed E-state index contributed by atoms with van der Waals surface area (Å²) in [6.07, 6.45) is -4.81. The monoisotopic (exact) mass is 600 g/mol. The van der Waals surface area contributed by atoms with E-state index in [1.165, 1.54) is 12.4 Å². The van der Waals surface area contributed by atoms with E-state index >= 15 is 0 Å². The molecular formula is C30H31F3N4O6. The molecule has 1 saturated heterocycles. The highest BCUT2D eigenvalue weighted by Gasteiger charge is 2.42. The molecule has 3 amide bonds. The Morgan fingerprint density at radius 2 is 1.72 bits per heavy atom. The zero-order valence-corrected chi connectivity index (χ0v) is 23.6. The van der Waals surface area contributed by atoms with Gasteiger partial charge in [0.2, 0.25) is 5.91 Å². The van der Waals surface area contributed by atoms with Crippen LogP contribution < -0.4 is 15.5 Å². The van der Waals surface area contributed by atoms with E-state index in [1.807, 2.05) is 37.3 Å². The maximum Gasteiger partial charge on any atom is 0.493 e. The molecule has 10 nitrogen and oxygen atoms in total. The molecule has 2 N–H and O–H groups in total. The number of nitrogens with zero attached hydrogens (tertiary/aromatic N) is 2. The van der Waals surface area contributed by atoms with E-state index in [2.05, 4.69) is 15.1 Å². The van der Waals surface area contributed by atoms with E-state index < -0.39 is 36.4 Å². The van der Waals surface area contributed by atoms with Gasteiger partial charge in [0.1, 0.15) is 12.4 Å². The number of hydrogen-bond acceptors (Lipinski definition) is 7. The van der Waals surface area contributed by atoms with Gasteiger partial charge in [-0.25, -0.2) is 4.79 Å². The number of aryl methyl sites for hydroxylation is 1. The second kappa shape index (κ2) is 13.5. The summed E-state index contributed by atoms with van der Waals surface area (Å²) in [6, 6.07) is 15.3. The van der Waals surface area contributed by atoms with E-state index in [9.17, 15) is 32.3 Å². The van der Waals surface area contributed by atoms with Crippen LogP contribution in [0.4, 0.5) is 13.2 Å². The third-order valence-electron chi connectivity index (χ3n) is 7.21. The predicted octanol–water partition coefficient (Wildman–Crippen LogP) is 4.01. The molecule has 1 atom stereocenters. The number of hydroxylamine groups is 1. The number of aromatic nitrogens is 1. The molecule has 1 aliphatic rings. The summed E-state index contributed by atoms with van der Waals surface area (Å²) >= 11 is 0. The van der Waals surface area contributed by atoms with E-state index in [0.717, 1.165) is 22.2 Å². The molecule has 1 aliphatic heterocycles. The van der Waals surface area contributed by atoms with Crippen LogP contribution in [0.25, 0.3) is 10.9 Å². The molecule has 0 bridgehead atoms. The molecule has 0 spiro atoms. The molecule has 2 heterocycles. The van der Waals surface area contributed by atoms with Crippen LogP contribution in [-0.4, -0.2) is 58.9 Å². The lowest BCUT2D eigenvalue weighted by atomic mass is 9.87.